The van der Waals surface area contributed by atoms with Crippen LogP contribution in [0.2, 0.25) is 0 Å². The molecule has 0 atom stereocenters. The number of sulfonamides is 1. The Morgan fingerprint density at radius 2 is 1.73 bits per heavy atom. The largest absolute Gasteiger partial charge is 0.494 e. The highest BCUT2D eigenvalue weighted by atomic mass is 32.2. The Morgan fingerprint density at radius 3 is 2.35 bits per heavy atom. The van der Waals surface area contributed by atoms with Crippen molar-refractivity contribution in [1.82, 2.24) is 9.62 Å². The molecule has 1 N–H and O–H groups in total. The standard InChI is InChI=1S/C19H24N2O4S/c1-3-25-17-9-11-18(12-10-17)26(23,24)21(2)15-19(22)20-14-13-16-7-5-4-6-8-16/h4-12H,3,13-15H2,1-2H3,(H,20,22). The van der Waals surface area contributed by atoms with Crippen LogP contribution in [-0.4, -0.2) is 45.4 Å². The molecule has 0 bridgehead atoms. The number of rotatable bonds is 9. The third-order valence-electron chi connectivity index (χ3n) is 3.79. The van der Waals surface area contributed by atoms with Gasteiger partial charge >= 0.3 is 0 Å². The summed E-state index contributed by atoms with van der Waals surface area (Å²) in [6.07, 6.45) is 0.696. The zero-order valence-electron chi connectivity index (χ0n) is 15.0. The van der Waals surface area contributed by atoms with Gasteiger partial charge in [0.05, 0.1) is 18.0 Å². The zero-order chi connectivity index (χ0) is 19.0. The van der Waals surface area contributed by atoms with E-state index in [4.69, 9.17) is 4.74 Å². The molecule has 0 unspecified atom stereocenters. The van der Waals surface area contributed by atoms with Gasteiger partial charge in [-0.05, 0) is 43.2 Å². The van der Waals surface area contributed by atoms with Crippen LogP contribution in [0.1, 0.15) is 12.5 Å². The van der Waals surface area contributed by atoms with Gasteiger partial charge in [-0.1, -0.05) is 30.3 Å². The minimum atomic E-state index is -3.73. The topological polar surface area (TPSA) is 75.7 Å². The van der Waals surface area contributed by atoms with Crippen molar-refractivity contribution < 1.29 is 17.9 Å². The minimum Gasteiger partial charge on any atom is -0.494 e. The number of benzene rings is 2. The summed E-state index contributed by atoms with van der Waals surface area (Å²) in [5.74, 6) is 0.269. The summed E-state index contributed by atoms with van der Waals surface area (Å²) in [6.45, 7) is 2.59. The highest BCUT2D eigenvalue weighted by Crippen LogP contribution is 2.18. The molecule has 0 aliphatic rings. The number of hydrogen-bond donors (Lipinski definition) is 1. The molecular weight excluding hydrogens is 352 g/mol. The maximum absolute atomic E-state index is 12.5. The van der Waals surface area contributed by atoms with Gasteiger partial charge in [0.2, 0.25) is 15.9 Å². The Hall–Kier alpha value is -2.38. The normalized spacial score (nSPS) is 11.3. The smallest absolute Gasteiger partial charge is 0.243 e. The van der Waals surface area contributed by atoms with Crippen LogP contribution >= 0.6 is 0 Å². The van der Waals surface area contributed by atoms with Crippen molar-refractivity contribution in [3.63, 3.8) is 0 Å². The highest BCUT2D eigenvalue weighted by Gasteiger charge is 2.22. The van der Waals surface area contributed by atoms with Crippen LogP contribution in [-0.2, 0) is 21.2 Å². The van der Waals surface area contributed by atoms with Gasteiger partial charge in [0.15, 0.2) is 0 Å². The summed E-state index contributed by atoms with van der Waals surface area (Å²) in [6, 6.07) is 15.9. The third kappa shape index (κ3) is 5.57. The Morgan fingerprint density at radius 1 is 1.08 bits per heavy atom. The number of likely N-dealkylation sites (N-methyl/N-ethyl adjacent to an activating group) is 1. The van der Waals surface area contributed by atoms with Crippen LogP contribution in [0.4, 0.5) is 0 Å². The van der Waals surface area contributed by atoms with E-state index >= 15 is 0 Å². The number of nitrogens with zero attached hydrogens (tertiary/aromatic N) is 1. The first-order valence-corrected chi connectivity index (χ1v) is 9.87. The van der Waals surface area contributed by atoms with Crippen molar-refractivity contribution >= 4 is 15.9 Å². The molecule has 0 aliphatic heterocycles. The van der Waals surface area contributed by atoms with Crippen molar-refractivity contribution in [2.24, 2.45) is 0 Å². The van der Waals surface area contributed by atoms with Gasteiger partial charge in [-0.25, -0.2) is 8.42 Å². The van der Waals surface area contributed by atoms with E-state index in [9.17, 15) is 13.2 Å². The average Bonchev–Trinajstić information content (AvgIpc) is 2.63. The summed E-state index contributed by atoms with van der Waals surface area (Å²) in [4.78, 5) is 12.1. The van der Waals surface area contributed by atoms with Gasteiger partial charge in [0, 0.05) is 13.6 Å². The highest BCUT2D eigenvalue weighted by molar-refractivity contribution is 7.89. The van der Waals surface area contributed by atoms with Crippen LogP contribution in [0.25, 0.3) is 0 Å². The number of hydrogen-bond acceptors (Lipinski definition) is 4. The molecule has 2 rings (SSSR count). The Labute approximate surface area is 154 Å². The van der Waals surface area contributed by atoms with Gasteiger partial charge < -0.3 is 10.1 Å². The fourth-order valence-electron chi connectivity index (χ4n) is 2.39. The monoisotopic (exact) mass is 376 g/mol. The van der Waals surface area contributed by atoms with Crippen molar-refractivity contribution in [2.75, 3.05) is 26.7 Å². The van der Waals surface area contributed by atoms with E-state index in [2.05, 4.69) is 5.32 Å². The Bertz CT molecular complexity index is 805. The van der Waals surface area contributed by atoms with E-state index < -0.39 is 10.0 Å². The molecule has 6 nitrogen and oxygen atoms in total. The lowest BCUT2D eigenvalue weighted by Gasteiger charge is -2.17. The predicted molar refractivity (Wildman–Crippen MR) is 101 cm³/mol. The number of ether oxygens (including phenoxy) is 1. The molecule has 0 heterocycles. The average molecular weight is 376 g/mol. The number of carbonyl (C=O) groups excluding carboxylic acids is 1. The first-order valence-electron chi connectivity index (χ1n) is 8.43. The van der Waals surface area contributed by atoms with Crippen LogP contribution < -0.4 is 10.1 Å². The minimum absolute atomic E-state index is 0.125. The van der Waals surface area contributed by atoms with Gasteiger partial charge in [-0.2, -0.15) is 4.31 Å². The second kappa shape index (κ2) is 9.35. The fraction of sp³-hybridized carbons (Fsp3) is 0.316. The second-order valence-electron chi connectivity index (χ2n) is 5.75. The molecular formula is C19H24N2O4S. The number of nitrogens with one attached hydrogen (secondary N) is 1. The molecule has 2 aromatic rings. The van der Waals surface area contributed by atoms with Crippen molar-refractivity contribution in [3.05, 3.63) is 60.2 Å². The quantitative estimate of drug-likeness (QED) is 0.727. The molecule has 0 aromatic heterocycles. The van der Waals surface area contributed by atoms with Gasteiger partial charge in [0.25, 0.3) is 0 Å². The number of amides is 1. The van der Waals surface area contributed by atoms with E-state index in [1.165, 1.54) is 19.2 Å². The molecule has 0 spiro atoms. The molecule has 0 radical (unpaired) electrons. The number of carbonyl (C=O) groups is 1. The summed E-state index contributed by atoms with van der Waals surface area (Å²) >= 11 is 0. The van der Waals surface area contributed by atoms with Gasteiger partial charge in [-0.3, -0.25) is 4.79 Å². The van der Waals surface area contributed by atoms with E-state index in [1.54, 1.807) is 12.1 Å². The lowest BCUT2D eigenvalue weighted by molar-refractivity contribution is -0.121. The molecule has 26 heavy (non-hydrogen) atoms. The van der Waals surface area contributed by atoms with Crippen LogP contribution in [0, 0.1) is 0 Å². The Balaban J connectivity index is 1.88. The van der Waals surface area contributed by atoms with Gasteiger partial charge in [-0.15, -0.1) is 0 Å². The summed E-state index contributed by atoms with van der Waals surface area (Å²) in [5.41, 5.74) is 1.11. The van der Waals surface area contributed by atoms with Crippen molar-refractivity contribution in [3.8, 4) is 5.75 Å². The second-order valence-corrected chi connectivity index (χ2v) is 7.80. The van der Waals surface area contributed by atoms with E-state index in [0.717, 1.165) is 9.87 Å². The first kappa shape index (κ1) is 19.9. The van der Waals surface area contributed by atoms with Crippen LogP contribution in [0.5, 0.6) is 5.75 Å². The molecule has 7 heteroatoms. The lowest BCUT2D eigenvalue weighted by Crippen LogP contribution is -2.39. The molecule has 0 saturated carbocycles. The lowest BCUT2D eigenvalue weighted by atomic mass is 10.1. The maximum atomic E-state index is 12.5. The van der Waals surface area contributed by atoms with E-state index in [0.29, 0.717) is 25.3 Å². The predicted octanol–water partition coefficient (Wildman–Crippen LogP) is 2.06. The van der Waals surface area contributed by atoms with Crippen LogP contribution in [0.15, 0.2) is 59.5 Å². The zero-order valence-corrected chi connectivity index (χ0v) is 15.8. The Kier molecular flexibility index (Phi) is 7.17. The van der Waals surface area contributed by atoms with Gasteiger partial charge in [0.1, 0.15) is 5.75 Å². The molecule has 1 amide bonds. The molecule has 0 fully saturated rings. The van der Waals surface area contributed by atoms with Crippen molar-refractivity contribution in [1.29, 1.82) is 0 Å². The van der Waals surface area contributed by atoms with Crippen molar-refractivity contribution in [2.45, 2.75) is 18.2 Å². The summed E-state index contributed by atoms with van der Waals surface area (Å²) in [5, 5.41) is 2.75. The van der Waals surface area contributed by atoms with Crippen LogP contribution in [0.3, 0.4) is 0 Å². The first-order chi connectivity index (χ1) is 12.4. The fourth-order valence-corrected chi connectivity index (χ4v) is 3.52. The SMILES string of the molecule is CCOc1ccc(S(=O)(=O)N(C)CC(=O)NCCc2ccccc2)cc1. The molecule has 0 saturated heterocycles. The third-order valence-corrected chi connectivity index (χ3v) is 5.61. The maximum Gasteiger partial charge on any atom is 0.243 e. The van der Waals surface area contributed by atoms with E-state index in [-0.39, 0.29) is 17.3 Å². The van der Waals surface area contributed by atoms with E-state index in [1.807, 2.05) is 37.3 Å². The summed E-state index contributed by atoms with van der Waals surface area (Å²) in [7, 11) is -2.33. The molecule has 0 aliphatic carbocycles. The molecule has 140 valence electrons. The molecule has 2 aromatic carbocycles. The summed E-state index contributed by atoms with van der Waals surface area (Å²) < 4.78 is 31.4.